The van der Waals surface area contributed by atoms with Crippen molar-refractivity contribution in [3.63, 3.8) is 0 Å². The van der Waals surface area contributed by atoms with Gasteiger partial charge in [0.25, 0.3) is 10.0 Å². The van der Waals surface area contributed by atoms with Crippen LogP contribution in [0.1, 0.15) is 15.2 Å². The van der Waals surface area contributed by atoms with Crippen molar-refractivity contribution in [2.45, 2.75) is 11.8 Å². The number of hydrogen-bond acceptors (Lipinski definition) is 6. The van der Waals surface area contributed by atoms with E-state index < -0.39 is 16.0 Å². The number of hydrogen-bond donors (Lipinski definition) is 1. The molecule has 2 heterocycles. The number of nitrogens with one attached hydrogen (secondary N) is 1. The average Bonchev–Trinajstić information content (AvgIpc) is 2.80. The van der Waals surface area contributed by atoms with Gasteiger partial charge in [-0.15, -0.1) is 11.3 Å². The molecule has 0 aliphatic heterocycles. The first kappa shape index (κ1) is 15.7. The van der Waals surface area contributed by atoms with Crippen LogP contribution in [0.25, 0.3) is 0 Å². The first-order valence-electron chi connectivity index (χ1n) is 5.66. The summed E-state index contributed by atoms with van der Waals surface area (Å²) in [5.74, 6) is -0.693. The van der Waals surface area contributed by atoms with E-state index in [1.807, 2.05) is 0 Å². The van der Waals surface area contributed by atoms with Gasteiger partial charge in [0, 0.05) is 6.20 Å². The summed E-state index contributed by atoms with van der Waals surface area (Å²) >= 11 is 6.73. The van der Waals surface area contributed by atoms with Gasteiger partial charge in [0.2, 0.25) is 0 Å². The zero-order chi connectivity index (χ0) is 15.6. The lowest BCUT2D eigenvalue weighted by molar-refractivity contribution is 0.0602. The van der Waals surface area contributed by atoms with Gasteiger partial charge in [0.15, 0.2) is 0 Å². The number of carbonyl (C=O) groups is 1. The molecule has 6 nitrogen and oxygen atoms in total. The van der Waals surface area contributed by atoms with Gasteiger partial charge in [-0.2, -0.15) is 0 Å². The Balaban J connectivity index is 2.45. The van der Waals surface area contributed by atoms with E-state index in [1.54, 1.807) is 12.3 Å². The highest BCUT2D eigenvalue weighted by Crippen LogP contribution is 2.29. The molecule has 2 aromatic heterocycles. The summed E-state index contributed by atoms with van der Waals surface area (Å²) in [6, 6.07) is 2.83. The van der Waals surface area contributed by atoms with Gasteiger partial charge in [-0.05, 0) is 30.0 Å². The molecular formula is C12H11ClN2O4S2. The van der Waals surface area contributed by atoms with Crippen molar-refractivity contribution in [3.8, 4) is 0 Å². The molecule has 0 unspecified atom stereocenters. The number of aryl methyl sites for hydroxylation is 1. The van der Waals surface area contributed by atoms with Crippen LogP contribution in [0.5, 0.6) is 0 Å². The number of rotatable bonds is 4. The molecule has 2 rings (SSSR count). The monoisotopic (exact) mass is 346 g/mol. The Morgan fingerprint density at radius 2 is 2.19 bits per heavy atom. The first-order chi connectivity index (χ1) is 9.85. The first-order valence-corrected chi connectivity index (χ1v) is 8.40. The number of halogens is 1. The Hall–Kier alpha value is -1.64. The molecule has 0 amide bonds. The van der Waals surface area contributed by atoms with E-state index in [2.05, 4.69) is 14.4 Å². The van der Waals surface area contributed by atoms with Crippen LogP contribution in [0.4, 0.5) is 5.69 Å². The summed E-state index contributed by atoms with van der Waals surface area (Å²) in [6.45, 7) is 1.61. The summed E-state index contributed by atoms with van der Waals surface area (Å²) in [5, 5.41) is 1.74. The number of nitrogens with zero attached hydrogens (tertiary/aromatic N) is 1. The van der Waals surface area contributed by atoms with Crippen LogP contribution in [-0.2, 0) is 14.8 Å². The number of sulfonamides is 1. The molecule has 0 aromatic carbocycles. The molecule has 0 bridgehead atoms. The van der Waals surface area contributed by atoms with Crippen LogP contribution in [0.3, 0.4) is 0 Å². The summed E-state index contributed by atoms with van der Waals surface area (Å²) in [6.07, 6.45) is 1.38. The number of esters is 1. The molecule has 9 heteroatoms. The number of thiophene rings is 1. The van der Waals surface area contributed by atoms with Gasteiger partial charge in [0.05, 0.1) is 12.8 Å². The van der Waals surface area contributed by atoms with E-state index in [0.29, 0.717) is 5.56 Å². The molecule has 0 atom stereocenters. The second kappa shape index (κ2) is 6.00. The Labute approximate surface area is 130 Å². The summed E-state index contributed by atoms with van der Waals surface area (Å²) in [5.41, 5.74) is 0.726. The number of carbonyl (C=O) groups excluding carboxylic acids is 1. The summed E-state index contributed by atoms with van der Waals surface area (Å²) in [7, 11) is -2.73. The second-order valence-electron chi connectivity index (χ2n) is 4.04. The largest absolute Gasteiger partial charge is 0.465 e. The van der Waals surface area contributed by atoms with Gasteiger partial charge in [-0.3, -0.25) is 4.72 Å². The minimum Gasteiger partial charge on any atom is -0.465 e. The fraction of sp³-hybridized carbons (Fsp3) is 0.167. The number of pyridine rings is 1. The fourth-order valence-electron chi connectivity index (χ4n) is 1.67. The van der Waals surface area contributed by atoms with Crippen LogP contribution < -0.4 is 4.72 Å². The predicted molar refractivity (Wildman–Crippen MR) is 80.5 cm³/mol. The van der Waals surface area contributed by atoms with Crippen molar-refractivity contribution < 1.29 is 17.9 Å². The van der Waals surface area contributed by atoms with Crippen molar-refractivity contribution in [2.24, 2.45) is 0 Å². The maximum absolute atomic E-state index is 12.5. The lowest BCUT2D eigenvalue weighted by Crippen LogP contribution is -2.16. The lowest BCUT2D eigenvalue weighted by Gasteiger charge is -2.09. The van der Waals surface area contributed by atoms with E-state index in [1.165, 1.54) is 25.4 Å². The third-order valence-corrected chi connectivity index (χ3v) is 5.52. The fourth-order valence-corrected chi connectivity index (χ4v) is 4.60. The highest BCUT2D eigenvalue weighted by Gasteiger charge is 2.27. The van der Waals surface area contributed by atoms with Crippen molar-refractivity contribution in [2.75, 3.05) is 11.8 Å². The minimum absolute atomic E-state index is 0.0302. The normalized spacial score (nSPS) is 11.2. The molecule has 0 fully saturated rings. The molecule has 1 N–H and O–H groups in total. The molecule has 0 aliphatic rings. The molecule has 0 spiro atoms. The number of ether oxygens (including phenoxy) is 1. The molecule has 21 heavy (non-hydrogen) atoms. The highest BCUT2D eigenvalue weighted by atomic mass is 35.5. The van der Waals surface area contributed by atoms with E-state index in [-0.39, 0.29) is 20.6 Å². The Morgan fingerprint density at radius 3 is 2.81 bits per heavy atom. The van der Waals surface area contributed by atoms with Crippen LogP contribution in [-0.4, -0.2) is 26.5 Å². The van der Waals surface area contributed by atoms with Crippen LogP contribution in [0.15, 0.2) is 28.6 Å². The third kappa shape index (κ3) is 3.34. The summed E-state index contributed by atoms with van der Waals surface area (Å²) in [4.78, 5) is 15.4. The Kier molecular flexibility index (Phi) is 4.50. The van der Waals surface area contributed by atoms with Crippen molar-refractivity contribution in [1.82, 2.24) is 4.98 Å². The van der Waals surface area contributed by atoms with Crippen molar-refractivity contribution in [3.05, 3.63) is 39.3 Å². The zero-order valence-electron chi connectivity index (χ0n) is 11.1. The smallest absolute Gasteiger partial charge is 0.349 e. The topological polar surface area (TPSA) is 85.4 Å². The number of anilines is 1. The standard InChI is InChI=1S/C12H11ClN2O4S2/c1-7-6-20-10(12(16)19-2)11(7)21(17,18)15-8-3-4-14-9(13)5-8/h3-6H,1-2H3,(H,14,15). The molecule has 0 radical (unpaired) electrons. The van der Waals surface area contributed by atoms with E-state index >= 15 is 0 Å². The number of aromatic nitrogens is 1. The molecule has 0 saturated carbocycles. The van der Waals surface area contributed by atoms with Crippen molar-refractivity contribution >= 4 is 44.6 Å². The quantitative estimate of drug-likeness (QED) is 0.679. The summed E-state index contributed by atoms with van der Waals surface area (Å²) < 4.78 is 31.9. The lowest BCUT2D eigenvalue weighted by atomic mass is 10.3. The Morgan fingerprint density at radius 1 is 1.48 bits per heavy atom. The molecule has 112 valence electrons. The van der Waals surface area contributed by atoms with Gasteiger partial charge in [-0.25, -0.2) is 18.2 Å². The minimum atomic E-state index is -3.93. The molecular weight excluding hydrogens is 336 g/mol. The van der Waals surface area contributed by atoms with Crippen LogP contribution in [0.2, 0.25) is 5.15 Å². The maximum Gasteiger partial charge on any atom is 0.349 e. The SMILES string of the molecule is COC(=O)c1scc(C)c1S(=O)(=O)Nc1ccnc(Cl)c1. The second-order valence-corrected chi connectivity index (χ2v) is 6.93. The van der Waals surface area contributed by atoms with Gasteiger partial charge in [-0.1, -0.05) is 11.6 Å². The van der Waals surface area contributed by atoms with E-state index in [9.17, 15) is 13.2 Å². The molecule has 2 aromatic rings. The van der Waals surface area contributed by atoms with Crippen molar-refractivity contribution in [1.29, 1.82) is 0 Å². The van der Waals surface area contributed by atoms with Crippen LogP contribution >= 0.6 is 22.9 Å². The third-order valence-electron chi connectivity index (χ3n) is 2.54. The molecule has 0 saturated heterocycles. The van der Waals surface area contributed by atoms with Gasteiger partial charge < -0.3 is 4.74 Å². The number of methoxy groups -OCH3 is 1. The zero-order valence-corrected chi connectivity index (χ0v) is 13.5. The van der Waals surface area contributed by atoms with Gasteiger partial charge >= 0.3 is 5.97 Å². The van der Waals surface area contributed by atoms with Crippen LogP contribution in [0, 0.1) is 6.92 Å². The van der Waals surface area contributed by atoms with Gasteiger partial charge in [0.1, 0.15) is 14.9 Å². The maximum atomic E-state index is 12.5. The Bertz CT molecular complexity index is 786. The highest BCUT2D eigenvalue weighted by molar-refractivity contribution is 7.93. The van der Waals surface area contributed by atoms with E-state index in [4.69, 9.17) is 11.6 Å². The average molecular weight is 347 g/mol. The van der Waals surface area contributed by atoms with E-state index in [0.717, 1.165) is 11.3 Å². The molecule has 0 aliphatic carbocycles. The predicted octanol–water partition coefficient (Wildman–Crippen LogP) is 2.69.